The molecule has 2 aliphatic heterocycles. The van der Waals surface area contributed by atoms with Gasteiger partial charge in [0.15, 0.2) is 0 Å². The summed E-state index contributed by atoms with van der Waals surface area (Å²) in [5.41, 5.74) is 3.96. The molecule has 2 fully saturated rings. The van der Waals surface area contributed by atoms with Crippen molar-refractivity contribution in [2.75, 3.05) is 20.2 Å². The molecule has 2 aliphatic rings. The molecule has 6 nitrogen and oxygen atoms in total. The number of piperidine rings is 1. The molecule has 0 radical (unpaired) electrons. The van der Waals surface area contributed by atoms with E-state index < -0.39 is 5.54 Å². The second-order valence-corrected chi connectivity index (χ2v) is 9.66. The minimum absolute atomic E-state index is 0.0937. The molecule has 166 valence electrons. The average molecular weight is 442 g/mol. The van der Waals surface area contributed by atoms with Crippen LogP contribution in [-0.4, -0.2) is 47.5 Å². The van der Waals surface area contributed by atoms with E-state index in [0.717, 1.165) is 43.8 Å². The Labute approximate surface area is 188 Å². The molecule has 1 atom stereocenters. The largest absolute Gasteiger partial charge is 0.496 e. The third-order valence-corrected chi connectivity index (χ3v) is 7.82. The SMILES string of the molecule is COc1ccc(CN2CCC([C@]3(C)NC(=O)N(Cc4ccsc4)C3=O)CC2)c(C)c1C. The quantitative estimate of drug-likeness (QED) is 0.686. The molecule has 1 aromatic heterocycles. The normalized spacial score (nSPS) is 22.8. The molecular weight excluding hydrogens is 410 g/mol. The van der Waals surface area contributed by atoms with Gasteiger partial charge in [-0.25, -0.2) is 4.79 Å². The molecule has 0 aliphatic carbocycles. The maximum absolute atomic E-state index is 13.2. The highest BCUT2D eigenvalue weighted by atomic mass is 32.1. The van der Waals surface area contributed by atoms with E-state index in [4.69, 9.17) is 4.74 Å². The van der Waals surface area contributed by atoms with Crippen LogP contribution in [0, 0.1) is 19.8 Å². The fourth-order valence-electron chi connectivity index (χ4n) is 4.85. The van der Waals surface area contributed by atoms with Crippen LogP contribution >= 0.6 is 11.3 Å². The first-order valence-corrected chi connectivity index (χ1v) is 11.8. The number of likely N-dealkylation sites (tertiary alicyclic amines) is 1. The number of urea groups is 1. The molecule has 3 amide bonds. The smallest absolute Gasteiger partial charge is 0.325 e. The van der Waals surface area contributed by atoms with Crippen molar-refractivity contribution in [3.63, 3.8) is 0 Å². The van der Waals surface area contributed by atoms with Crippen molar-refractivity contribution in [1.82, 2.24) is 15.1 Å². The highest BCUT2D eigenvalue weighted by Gasteiger charge is 2.52. The Balaban J connectivity index is 1.39. The summed E-state index contributed by atoms with van der Waals surface area (Å²) in [6.45, 7) is 9.22. The number of nitrogens with one attached hydrogen (secondary N) is 1. The van der Waals surface area contributed by atoms with Crippen LogP contribution in [0.25, 0.3) is 0 Å². The zero-order valence-electron chi connectivity index (χ0n) is 18.7. The lowest BCUT2D eigenvalue weighted by Gasteiger charge is -2.39. The predicted octanol–water partition coefficient (Wildman–Crippen LogP) is 4.10. The molecule has 0 spiro atoms. The molecular formula is C24H31N3O3S. The van der Waals surface area contributed by atoms with Gasteiger partial charge in [-0.1, -0.05) is 6.07 Å². The maximum Gasteiger partial charge on any atom is 0.325 e. The van der Waals surface area contributed by atoms with Gasteiger partial charge in [-0.3, -0.25) is 14.6 Å². The molecule has 2 saturated heterocycles. The maximum atomic E-state index is 13.2. The molecule has 7 heteroatoms. The van der Waals surface area contributed by atoms with Crippen molar-refractivity contribution in [2.45, 2.75) is 52.2 Å². The van der Waals surface area contributed by atoms with Gasteiger partial charge in [0, 0.05) is 6.54 Å². The minimum atomic E-state index is -0.814. The Hall–Kier alpha value is -2.38. The van der Waals surface area contributed by atoms with Gasteiger partial charge in [0.05, 0.1) is 13.7 Å². The number of ether oxygens (including phenoxy) is 1. The summed E-state index contributed by atoms with van der Waals surface area (Å²) >= 11 is 1.58. The lowest BCUT2D eigenvalue weighted by atomic mass is 9.78. The van der Waals surface area contributed by atoms with Gasteiger partial charge >= 0.3 is 6.03 Å². The summed E-state index contributed by atoms with van der Waals surface area (Å²) in [7, 11) is 1.71. The Morgan fingerprint density at radius 2 is 1.87 bits per heavy atom. The zero-order chi connectivity index (χ0) is 22.2. The van der Waals surface area contributed by atoms with Crippen molar-refractivity contribution >= 4 is 23.3 Å². The Morgan fingerprint density at radius 1 is 1.13 bits per heavy atom. The molecule has 0 unspecified atom stereocenters. The van der Waals surface area contributed by atoms with E-state index in [0.29, 0.717) is 6.54 Å². The van der Waals surface area contributed by atoms with Crippen molar-refractivity contribution in [2.24, 2.45) is 5.92 Å². The first kappa shape index (κ1) is 21.8. The monoisotopic (exact) mass is 441 g/mol. The lowest BCUT2D eigenvalue weighted by molar-refractivity contribution is -0.133. The molecule has 1 aromatic carbocycles. The van der Waals surface area contributed by atoms with Crippen LogP contribution < -0.4 is 10.1 Å². The number of imide groups is 1. The number of benzene rings is 1. The van der Waals surface area contributed by atoms with Gasteiger partial charge in [0.2, 0.25) is 0 Å². The van der Waals surface area contributed by atoms with E-state index in [2.05, 4.69) is 30.1 Å². The number of rotatable bonds is 6. The first-order chi connectivity index (χ1) is 14.8. The summed E-state index contributed by atoms with van der Waals surface area (Å²) in [5, 5.41) is 6.97. The number of hydrogen-bond acceptors (Lipinski definition) is 5. The van der Waals surface area contributed by atoms with Crippen molar-refractivity contribution in [3.8, 4) is 5.75 Å². The summed E-state index contributed by atoms with van der Waals surface area (Å²) < 4.78 is 5.43. The zero-order valence-corrected chi connectivity index (χ0v) is 19.6. The van der Waals surface area contributed by atoms with Crippen LogP contribution in [0.1, 0.15) is 42.0 Å². The van der Waals surface area contributed by atoms with Crippen LogP contribution in [0.15, 0.2) is 29.0 Å². The van der Waals surface area contributed by atoms with Gasteiger partial charge < -0.3 is 10.1 Å². The van der Waals surface area contributed by atoms with Crippen molar-refractivity contribution in [3.05, 3.63) is 51.2 Å². The Kier molecular flexibility index (Phi) is 6.08. The summed E-state index contributed by atoms with van der Waals surface area (Å²) in [6.07, 6.45) is 1.78. The fourth-order valence-corrected chi connectivity index (χ4v) is 5.51. The van der Waals surface area contributed by atoms with Crippen LogP contribution in [0.5, 0.6) is 5.75 Å². The second kappa shape index (κ2) is 8.63. The molecule has 0 saturated carbocycles. The average Bonchev–Trinajstić information content (AvgIpc) is 3.35. The van der Waals surface area contributed by atoms with E-state index in [1.165, 1.54) is 21.6 Å². The third-order valence-electron chi connectivity index (χ3n) is 7.09. The number of carbonyl (C=O) groups excluding carboxylic acids is 2. The van der Waals surface area contributed by atoms with Gasteiger partial charge in [0.1, 0.15) is 11.3 Å². The summed E-state index contributed by atoms with van der Waals surface area (Å²) in [6, 6.07) is 5.88. The number of methoxy groups -OCH3 is 1. The molecule has 4 rings (SSSR count). The van der Waals surface area contributed by atoms with Crippen molar-refractivity contribution < 1.29 is 14.3 Å². The first-order valence-electron chi connectivity index (χ1n) is 10.8. The van der Waals surface area contributed by atoms with Crippen molar-refractivity contribution in [1.29, 1.82) is 0 Å². The predicted molar refractivity (Wildman–Crippen MR) is 122 cm³/mol. The van der Waals surface area contributed by atoms with Crippen LogP contribution in [0.4, 0.5) is 4.79 Å². The number of hydrogen-bond donors (Lipinski definition) is 1. The molecule has 1 N–H and O–H groups in total. The van der Waals surface area contributed by atoms with E-state index in [-0.39, 0.29) is 17.9 Å². The molecule has 0 bridgehead atoms. The lowest BCUT2D eigenvalue weighted by Crippen LogP contribution is -2.53. The van der Waals surface area contributed by atoms with Gasteiger partial charge in [-0.15, -0.1) is 0 Å². The highest BCUT2D eigenvalue weighted by Crippen LogP contribution is 2.35. The van der Waals surface area contributed by atoms with Crippen LogP contribution in [0.2, 0.25) is 0 Å². The van der Waals surface area contributed by atoms with E-state index in [9.17, 15) is 9.59 Å². The number of thiophene rings is 1. The van der Waals surface area contributed by atoms with Gasteiger partial charge in [-0.2, -0.15) is 11.3 Å². The van der Waals surface area contributed by atoms with Crippen LogP contribution in [-0.2, 0) is 17.9 Å². The fraction of sp³-hybridized carbons (Fsp3) is 0.500. The molecule has 3 heterocycles. The number of nitrogens with zero attached hydrogens (tertiary/aromatic N) is 2. The Morgan fingerprint density at radius 3 is 2.52 bits per heavy atom. The highest BCUT2D eigenvalue weighted by molar-refractivity contribution is 7.07. The topological polar surface area (TPSA) is 61.9 Å². The standard InChI is InChI=1S/C24H31N3O3S/c1-16-17(2)21(30-4)6-5-19(16)14-26-10-7-20(8-11-26)24(3)22(28)27(23(29)25-24)13-18-9-12-31-15-18/h5-6,9,12,15,20H,7-8,10-11,13-14H2,1-4H3,(H,25,29)/t24-/m0/s1. The van der Waals surface area contributed by atoms with E-state index in [1.807, 2.05) is 29.8 Å². The third kappa shape index (κ3) is 4.08. The summed E-state index contributed by atoms with van der Waals surface area (Å²) in [5.74, 6) is 0.977. The Bertz CT molecular complexity index is 967. The molecule has 31 heavy (non-hydrogen) atoms. The van der Waals surface area contributed by atoms with Gasteiger partial charge in [-0.05, 0) is 97.8 Å². The van der Waals surface area contributed by atoms with E-state index in [1.54, 1.807) is 18.4 Å². The van der Waals surface area contributed by atoms with Crippen LogP contribution in [0.3, 0.4) is 0 Å². The summed E-state index contributed by atoms with van der Waals surface area (Å²) in [4.78, 5) is 29.6. The van der Waals surface area contributed by atoms with E-state index >= 15 is 0 Å². The molecule has 2 aromatic rings. The minimum Gasteiger partial charge on any atom is -0.496 e. The number of carbonyl (C=O) groups is 2. The number of amides is 3. The second-order valence-electron chi connectivity index (χ2n) is 8.88. The van der Waals surface area contributed by atoms with Gasteiger partial charge in [0.25, 0.3) is 5.91 Å².